The molecule has 19 heavy (non-hydrogen) atoms. The third kappa shape index (κ3) is 3.75. The zero-order valence-corrected chi connectivity index (χ0v) is 12.1. The van der Waals surface area contributed by atoms with Gasteiger partial charge in [-0.25, -0.2) is 4.98 Å². The van der Waals surface area contributed by atoms with Gasteiger partial charge in [0.15, 0.2) is 0 Å². The van der Waals surface area contributed by atoms with Crippen LogP contribution in [0.3, 0.4) is 0 Å². The van der Waals surface area contributed by atoms with Crippen molar-refractivity contribution in [2.24, 2.45) is 0 Å². The third-order valence-electron chi connectivity index (χ3n) is 3.00. The molecule has 0 aliphatic carbocycles. The molecule has 0 saturated carbocycles. The molecule has 0 aliphatic heterocycles. The summed E-state index contributed by atoms with van der Waals surface area (Å²) < 4.78 is 5.87. The van der Waals surface area contributed by atoms with Crippen molar-refractivity contribution in [2.75, 3.05) is 20.2 Å². The highest BCUT2D eigenvalue weighted by Crippen LogP contribution is 2.22. The summed E-state index contributed by atoms with van der Waals surface area (Å²) in [7, 11) is 1.42. The van der Waals surface area contributed by atoms with Crippen LogP contribution >= 0.6 is 11.3 Å². The molecule has 1 aromatic heterocycles. The number of hydrogen-bond donors (Lipinski definition) is 0. The Bertz CT molecular complexity index is 520. The zero-order valence-electron chi connectivity index (χ0n) is 11.3. The Balaban J connectivity index is 1.99. The second-order valence-electron chi connectivity index (χ2n) is 4.27. The minimum atomic E-state index is -0.164. The standard InChI is InChI=1S/C14H18N2O2S/c1-3-16(9-8-14(17)18-2)10-13-15-11-6-4-5-7-12(11)19-13/h4-7H,3,8-10H2,1-2H3. The Morgan fingerprint density at radius 3 is 2.89 bits per heavy atom. The van der Waals surface area contributed by atoms with Crippen LogP contribution in [0.5, 0.6) is 0 Å². The first-order valence-electron chi connectivity index (χ1n) is 6.36. The Labute approximate surface area is 117 Å². The fraction of sp³-hybridized carbons (Fsp3) is 0.429. The molecular formula is C14H18N2O2S. The van der Waals surface area contributed by atoms with Gasteiger partial charge in [-0.2, -0.15) is 0 Å². The summed E-state index contributed by atoms with van der Waals surface area (Å²) in [6.07, 6.45) is 0.426. The molecule has 0 atom stereocenters. The monoisotopic (exact) mass is 278 g/mol. The molecular weight excluding hydrogens is 260 g/mol. The molecule has 102 valence electrons. The van der Waals surface area contributed by atoms with Gasteiger partial charge in [0.05, 0.1) is 30.3 Å². The van der Waals surface area contributed by atoms with Crippen molar-refractivity contribution in [3.05, 3.63) is 29.3 Å². The molecule has 0 N–H and O–H groups in total. The minimum absolute atomic E-state index is 0.164. The summed E-state index contributed by atoms with van der Waals surface area (Å²) in [5.41, 5.74) is 1.05. The third-order valence-corrected chi connectivity index (χ3v) is 4.03. The van der Waals surface area contributed by atoms with Gasteiger partial charge in [-0.15, -0.1) is 11.3 Å². The summed E-state index contributed by atoms with van der Waals surface area (Å²) in [4.78, 5) is 18.0. The highest BCUT2D eigenvalue weighted by Gasteiger charge is 2.10. The first-order chi connectivity index (χ1) is 9.22. The zero-order chi connectivity index (χ0) is 13.7. The molecule has 4 nitrogen and oxygen atoms in total. The summed E-state index contributed by atoms with van der Waals surface area (Å²) in [6.45, 7) is 4.48. The van der Waals surface area contributed by atoms with E-state index in [1.54, 1.807) is 11.3 Å². The Kier molecular flexibility index (Phi) is 4.87. The number of ether oxygens (including phenoxy) is 1. The fourth-order valence-corrected chi connectivity index (χ4v) is 2.89. The van der Waals surface area contributed by atoms with E-state index in [1.807, 2.05) is 18.2 Å². The minimum Gasteiger partial charge on any atom is -0.469 e. The van der Waals surface area contributed by atoms with Crippen molar-refractivity contribution >= 4 is 27.5 Å². The lowest BCUT2D eigenvalue weighted by Crippen LogP contribution is -2.26. The van der Waals surface area contributed by atoms with Crippen molar-refractivity contribution < 1.29 is 9.53 Å². The highest BCUT2D eigenvalue weighted by atomic mass is 32.1. The molecule has 0 spiro atoms. The van der Waals surface area contributed by atoms with Gasteiger partial charge in [0.2, 0.25) is 0 Å². The maximum Gasteiger partial charge on any atom is 0.306 e. The average molecular weight is 278 g/mol. The number of benzene rings is 1. The number of carbonyl (C=O) groups is 1. The summed E-state index contributed by atoms with van der Waals surface area (Å²) in [6, 6.07) is 8.14. The number of esters is 1. The van der Waals surface area contributed by atoms with Crippen LogP contribution in [0.25, 0.3) is 10.2 Å². The number of aromatic nitrogens is 1. The number of carbonyl (C=O) groups excluding carboxylic acids is 1. The lowest BCUT2D eigenvalue weighted by Gasteiger charge is -2.17. The molecule has 5 heteroatoms. The van der Waals surface area contributed by atoms with Gasteiger partial charge >= 0.3 is 5.97 Å². The normalized spacial score (nSPS) is 11.1. The fourth-order valence-electron chi connectivity index (χ4n) is 1.88. The van der Waals surface area contributed by atoms with E-state index in [-0.39, 0.29) is 5.97 Å². The number of thiazole rings is 1. The quantitative estimate of drug-likeness (QED) is 0.762. The first kappa shape index (κ1) is 14.0. The lowest BCUT2D eigenvalue weighted by molar-refractivity contribution is -0.141. The topological polar surface area (TPSA) is 42.4 Å². The molecule has 0 fully saturated rings. The Morgan fingerprint density at radius 1 is 1.42 bits per heavy atom. The van der Waals surface area contributed by atoms with Crippen molar-refractivity contribution in [1.29, 1.82) is 0 Å². The number of fused-ring (bicyclic) bond motifs is 1. The van der Waals surface area contributed by atoms with E-state index >= 15 is 0 Å². The molecule has 0 aliphatic rings. The predicted molar refractivity (Wildman–Crippen MR) is 77.2 cm³/mol. The van der Waals surface area contributed by atoms with Crippen molar-refractivity contribution in [3.8, 4) is 0 Å². The van der Waals surface area contributed by atoms with Gasteiger partial charge in [0.1, 0.15) is 5.01 Å². The maximum absolute atomic E-state index is 11.2. The van der Waals surface area contributed by atoms with Gasteiger partial charge in [0, 0.05) is 6.54 Å². The molecule has 2 aromatic rings. The molecule has 0 bridgehead atoms. The number of rotatable bonds is 6. The van der Waals surface area contributed by atoms with Gasteiger partial charge in [-0.1, -0.05) is 19.1 Å². The van der Waals surface area contributed by atoms with Crippen molar-refractivity contribution in [1.82, 2.24) is 9.88 Å². The summed E-state index contributed by atoms with van der Waals surface area (Å²) in [5, 5.41) is 1.09. The molecule has 0 saturated heterocycles. The van der Waals surface area contributed by atoms with Crippen LogP contribution in [0.2, 0.25) is 0 Å². The average Bonchev–Trinajstić information content (AvgIpc) is 2.85. The highest BCUT2D eigenvalue weighted by molar-refractivity contribution is 7.18. The van der Waals surface area contributed by atoms with Crippen LogP contribution in [0.4, 0.5) is 0 Å². The maximum atomic E-state index is 11.2. The van der Waals surface area contributed by atoms with Crippen LogP contribution in [0, 0.1) is 0 Å². The van der Waals surface area contributed by atoms with E-state index in [0.29, 0.717) is 13.0 Å². The van der Waals surface area contributed by atoms with Gasteiger partial charge in [-0.3, -0.25) is 9.69 Å². The summed E-state index contributed by atoms with van der Waals surface area (Å²) >= 11 is 1.71. The molecule has 0 radical (unpaired) electrons. The molecule has 1 aromatic carbocycles. The predicted octanol–water partition coefficient (Wildman–Crippen LogP) is 2.68. The van der Waals surface area contributed by atoms with Crippen molar-refractivity contribution in [3.63, 3.8) is 0 Å². The smallest absolute Gasteiger partial charge is 0.306 e. The number of nitrogens with zero attached hydrogens (tertiary/aromatic N) is 2. The molecule has 1 heterocycles. The van der Waals surface area contributed by atoms with Crippen LogP contribution < -0.4 is 0 Å². The second-order valence-corrected chi connectivity index (χ2v) is 5.39. The number of methoxy groups -OCH3 is 1. The van der Waals surface area contributed by atoms with E-state index in [9.17, 15) is 4.79 Å². The van der Waals surface area contributed by atoms with Gasteiger partial charge in [0.25, 0.3) is 0 Å². The van der Waals surface area contributed by atoms with E-state index in [2.05, 4.69) is 27.6 Å². The van der Waals surface area contributed by atoms with Crippen LogP contribution in [0.15, 0.2) is 24.3 Å². The van der Waals surface area contributed by atoms with E-state index in [4.69, 9.17) is 0 Å². The lowest BCUT2D eigenvalue weighted by atomic mass is 10.3. The number of hydrogen-bond acceptors (Lipinski definition) is 5. The van der Waals surface area contributed by atoms with E-state index in [0.717, 1.165) is 23.6 Å². The molecule has 0 amide bonds. The van der Waals surface area contributed by atoms with Gasteiger partial charge < -0.3 is 4.74 Å². The molecule has 2 rings (SSSR count). The van der Waals surface area contributed by atoms with Crippen LogP contribution in [-0.2, 0) is 16.1 Å². The van der Waals surface area contributed by atoms with Crippen LogP contribution in [0.1, 0.15) is 18.4 Å². The second kappa shape index (κ2) is 6.63. The largest absolute Gasteiger partial charge is 0.469 e. The van der Waals surface area contributed by atoms with E-state index < -0.39 is 0 Å². The Hall–Kier alpha value is -1.46. The summed E-state index contributed by atoms with van der Waals surface area (Å²) in [5.74, 6) is -0.164. The van der Waals surface area contributed by atoms with Gasteiger partial charge in [-0.05, 0) is 18.7 Å². The van der Waals surface area contributed by atoms with Crippen molar-refractivity contribution in [2.45, 2.75) is 19.9 Å². The number of para-hydroxylation sites is 1. The molecule has 0 unspecified atom stereocenters. The van der Waals surface area contributed by atoms with Crippen LogP contribution in [-0.4, -0.2) is 36.1 Å². The first-order valence-corrected chi connectivity index (χ1v) is 7.18. The van der Waals surface area contributed by atoms with E-state index in [1.165, 1.54) is 11.8 Å². The Morgan fingerprint density at radius 2 is 2.21 bits per heavy atom. The SMILES string of the molecule is CCN(CCC(=O)OC)Cc1nc2ccccc2s1.